The molecule has 0 saturated carbocycles. The first kappa shape index (κ1) is 26.9. The molecule has 3 aromatic rings. The van der Waals surface area contributed by atoms with Gasteiger partial charge in [-0.3, -0.25) is 14.2 Å². The normalized spacial score (nSPS) is 13.6. The Kier molecular flexibility index (Phi) is 8.73. The van der Waals surface area contributed by atoms with E-state index in [1.165, 1.54) is 0 Å². The molecule has 1 aromatic heterocycles. The van der Waals surface area contributed by atoms with Gasteiger partial charge in [0.15, 0.2) is 0 Å². The molecule has 2 atom stereocenters. The summed E-state index contributed by atoms with van der Waals surface area (Å²) >= 11 is 6.11. The van der Waals surface area contributed by atoms with Crippen LogP contribution in [0.2, 0.25) is 5.02 Å². The van der Waals surface area contributed by atoms with Gasteiger partial charge in [0.05, 0.1) is 29.2 Å². The van der Waals surface area contributed by atoms with Crippen molar-refractivity contribution in [3.8, 4) is 5.69 Å². The van der Waals surface area contributed by atoms with Crippen LogP contribution in [0.25, 0.3) is 16.6 Å². The van der Waals surface area contributed by atoms with Crippen LogP contribution in [0, 0.1) is 11.3 Å². The van der Waals surface area contributed by atoms with Gasteiger partial charge in [-0.25, -0.2) is 4.98 Å². The van der Waals surface area contributed by atoms with Gasteiger partial charge in [0, 0.05) is 25.1 Å². The van der Waals surface area contributed by atoms with Crippen LogP contribution in [-0.2, 0) is 9.53 Å². The third kappa shape index (κ3) is 6.71. The first-order valence-electron chi connectivity index (χ1n) is 12.1. The minimum atomic E-state index is -0.451. The minimum absolute atomic E-state index is 0.0244. The number of ether oxygens (including phenoxy) is 1. The van der Waals surface area contributed by atoms with E-state index in [2.05, 4.69) is 27.7 Å². The Balaban J connectivity index is 2.09. The number of halogens is 1. The van der Waals surface area contributed by atoms with Crippen molar-refractivity contribution in [1.82, 2.24) is 14.5 Å². The quantitative estimate of drug-likeness (QED) is 0.361. The van der Waals surface area contributed by atoms with Gasteiger partial charge in [-0.15, -0.1) is 0 Å². The molecule has 2 aromatic carbocycles. The number of nitrogens with zero attached hydrogens (tertiary/aromatic N) is 3. The Bertz CT molecular complexity index is 1210. The van der Waals surface area contributed by atoms with Crippen LogP contribution in [0.15, 0.2) is 53.3 Å². The summed E-state index contributed by atoms with van der Waals surface area (Å²) in [6.07, 6.45) is 1.36. The average molecular weight is 498 g/mol. The molecule has 0 spiro atoms. The maximum Gasteiger partial charge on any atom is 0.266 e. The molecule has 0 bridgehead atoms. The zero-order valence-electron chi connectivity index (χ0n) is 21.5. The number of hydrogen-bond donors (Lipinski definition) is 0. The van der Waals surface area contributed by atoms with Crippen LogP contribution in [0.1, 0.15) is 59.3 Å². The van der Waals surface area contributed by atoms with E-state index in [0.717, 1.165) is 6.42 Å². The molecular formula is C28H36ClN3O3. The topological polar surface area (TPSA) is 64.4 Å². The second-order valence-electron chi connectivity index (χ2n) is 10.4. The highest BCUT2D eigenvalue weighted by Crippen LogP contribution is 2.29. The van der Waals surface area contributed by atoms with Gasteiger partial charge in [-0.2, -0.15) is 0 Å². The molecule has 0 aliphatic heterocycles. The third-order valence-corrected chi connectivity index (χ3v) is 6.32. The Hall–Kier alpha value is -2.70. The summed E-state index contributed by atoms with van der Waals surface area (Å²) in [4.78, 5) is 33.8. The van der Waals surface area contributed by atoms with Gasteiger partial charge in [0.25, 0.3) is 5.56 Å². The van der Waals surface area contributed by atoms with E-state index in [0.29, 0.717) is 47.0 Å². The number of benzene rings is 2. The van der Waals surface area contributed by atoms with E-state index in [9.17, 15) is 9.59 Å². The molecule has 0 aliphatic carbocycles. The predicted octanol–water partition coefficient (Wildman–Crippen LogP) is 6.04. The van der Waals surface area contributed by atoms with Crippen molar-refractivity contribution >= 4 is 28.4 Å². The highest BCUT2D eigenvalue weighted by atomic mass is 35.5. The fourth-order valence-corrected chi connectivity index (χ4v) is 4.79. The van der Waals surface area contributed by atoms with Crippen LogP contribution in [0.3, 0.4) is 0 Å². The zero-order valence-corrected chi connectivity index (χ0v) is 22.3. The molecule has 0 fully saturated rings. The highest BCUT2D eigenvalue weighted by molar-refractivity contribution is 6.30. The van der Waals surface area contributed by atoms with Gasteiger partial charge in [0.1, 0.15) is 5.82 Å². The molecule has 0 saturated heterocycles. The molecule has 35 heavy (non-hydrogen) atoms. The Morgan fingerprint density at radius 1 is 1.11 bits per heavy atom. The van der Waals surface area contributed by atoms with Crippen LogP contribution < -0.4 is 5.56 Å². The van der Waals surface area contributed by atoms with Gasteiger partial charge < -0.3 is 9.64 Å². The molecule has 6 nitrogen and oxygen atoms in total. The zero-order chi connectivity index (χ0) is 25.8. The van der Waals surface area contributed by atoms with Gasteiger partial charge in [0.2, 0.25) is 5.91 Å². The maximum absolute atomic E-state index is 13.6. The third-order valence-electron chi connectivity index (χ3n) is 6.07. The lowest BCUT2D eigenvalue weighted by molar-refractivity contribution is -0.135. The fourth-order valence-electron chi connectivity index (χ4n) is 4.67. The molecular weight excluding hydrogens is 462 g/mol. The Morgan fingerprint density at radius 3 is 2.40 bits per heavy atom. The van der Waals surface area contributed by atoms with Gasteiger partial charge in [-0.1, -0.05) is 51.4 Å². The first-order chi connectivity index (χ1) is 16.5. The van der Waals surface area contributed by atoms with Crippen molar-refractivity contribution in [3.63, 3.8) is 0 Å². The minimum Gasteiger partial charge on any atom is -0.383 e. The summed E-state index contributed by atoms with van der Waals surface area (Å²) in [6.45, 7) is 11.4. The molecule has 2 unspecified atom stereocenters. The lowest BCUT2D eigenvalue weighted by Crippen LogP contribution is -2.40. The number of fused-ring (bicyclic) bond motifs is 1. The van der Waals surface area contributed by atoms with Crippen molar-refractivity contribution in [2.24, 2.45) is 11.3 Å². The van der Waals surface area contributed by atoms with Gasteiger partial charge >= 0.3 is 0 Å². The van der Waals surface area contributed by atoms with E-state index in [1.54, 1.807) is 46.9 Å². The smallest absolute Gasteiger partial charge is 0.266 e. The number of amides is 1. The summed E-state index contributed by atoms with van der Waals surface area (Å²) in [5, 5.41) is 1.10. The van der Waals surface area contributed by atoms with Crippen molar-refractivity contribution in [3.05, 3.63) is 69.7 Å². The SMILES string of the molecule is COCCN(C(=O)CC(C)CC(C)(C)C)C(C)c1nc2ccccc2c(=O)n1-c1ccc(Cl)cc1. The largest absolute Gasteiger partial charge is 0.383 e. The summed E-state index contributed by atoms with van der Waals surface area (Å²) in [7, 11) is 1.62. The van der Waals surface area contributed by atoms with Crippen LogP contribution in [0.4, 0.5) is 0 Å². The van der Waals surface area contributed by atoms with Crippen LogP contribution in [-0.4, -0.2) is 40.6 Å². The number of para-hydroxylation sites is 1. The highest BCUT2D eigenvalue weighted by Gasteiger charge is 2.28. The van der Waals surface area contributed by atoms with Crippen molar-refractivity contribution in [2.75, 3.05) is 20.3 Å². The first-order valence-corrected chi connectivity index (χ1v) is 12.5. The molecule has 3 rings (SSSR count). The number of aromatic nitrogens is 2. The number of carbonyl (C=O) groups excluding carboxylic acids is 1. The second-order valence-corrected chi connectivity index (χ2v) is 10.9. The molecule has 1 amide bonds. The number of carbonyl (C=O) groups is 1. The van der Waals surface area contributed by atoms with Gasteiger partial charge in [-0.05, 0) is 61.1 Å². The summed E-state index contributed by atoms with van der Waals surface area (Å²) in [5.41, 5.74) is 1.21. The molecule has 1 heterocycles. The molecule has 7 heteroatoms. The van der Waals surface area contributed by atoms with Crippen LogP contribution in [0.5, 0.6) is 0 Å². The van der Waals surface area contributed by atoms with Crippen LogP contribution >= 0.6 is 11.6 Å². The standard InChI is InChI=1S/C28H36ClN3O3/c1-19(18-28(3,4)5)17-25(33)31(15-16-35-6)20(2)26-30-24-10-8-7-9-23(24)27(34)32(26)22-13-11-21(29)12-14-22/h7-14,19-20H,15-18H2,1-6H3. The maximum atomic E-state index is 13.6. The predicted molar refractivity (Wildman–Crippen MR) is 142 cm³/mol. The van der Waals surface area contributed by atoms with E-state index in [4.69, 9.17) is 21.3 Å². The molecule has 0 radical (unpaired) electrons. The number of methoxy groups -OCH3 is 1. The summed E-state index contributed by atoms with van der Waals surface area (Å²) in [6, 6.07) is 13.9. The number of rotatable bonds is 9. The molecule has 0 N–H and O–H groups in total. The fraction of sp³-hybridized carbons (Fsp3) is 0.464. The second kappa shape index (κ2) is 11.4. The molecule has 188 valence electrons. The lowest BCUT2D eigenvalue weighted by atomic mass is 9.84. The molecule has 0 aliphatic rings. The van der Waals surface area contributed by atoms with Crippen molar-refractivity contribution in [1.29, 1.82) is 0 Å². The Morgan fingerprint density at radius 2 is 1.77 bits per heavy atom. The monoisotopic (exact) mass is 497 g/mol. The lowest BCUT2D eigenvalue weighted by Gasteiger charge is -2.32. The van der Waals surface area contributed by atoms with E-state index < -0.39 is 6.04 Å². The Labute approximate surface area is 212 Å². The average Bonchev–Trinajstić information content (AvgIpc) is 2.78. The van der Waals surface area contributed by atoms with E-state index in [-0.39, 0.29) is 22.8 Å². The van der Waals surface area contributed by atoms with E-state index >= 15 is 0 Å². The summed E-state index contributed by atoms with van der Waals surface area (Å²) < 4.78 is 6.91. The summed E-state index contributed by atoms with van der Waals surface area (Å²) in [5.74, 6) is 0.753. The number of hydrogen-bond acceptors (Lipinski definition) is 4. The van der Waals surface area contributed by atoms with E-state index in [1.807, 2.05) is 25.1 Å². The van der Waals surface area contributed by atoms with Crippen molar-refractivity contribution in [2.45, 2.75) is 53.5 Å². The van der Waals surface area contributed by atoms with Crippen molar-refractivity contribution < 1.29 is 9.53 Å².